The third-order valence-corrected chi connectivity index (χ3v) is 4.61. The molecule has 6 nitrogen and oxygen atoms in total. The average Bonchev–Trinajstić information content (AvgIpc) is 2.79. The van der Waals surface area contributed by atoms with E-state index >= 15 is 0 Å². The largest absolute Gasteiger partial charge is 0.497 e. The Kier molecular flexibility index (Phi) is 7.58. The van der Waals surface area contributed by atoms with Crippen LogP contribution in [0, 0.1) is 17.2 Å². The predicted molar refractivity (Wildman–Crippen MR) is 111 cm³/mol. The first kappa shape index (κ1) is 23.4. The molecule has 164 valence electrons. The number of hydrogen-bond acceptors (Lipinski definition) is 5. The summed E-state index contributed by atoms with van der Waals surface area (Å²) in [6.45, 7) is 2.09. The molecule has 0 aliphatic rings. The van der Waals surface area contributed by atoms with Crippen molar-refractivity contribution in [1.29, 1.82) is 0 Å². The van der Waals surface area contributed by atoms with Crippen molar-refractivity contribution < 1.29 is 38.0 Å². The van der Waals surface area contributed by atoms with E-state index in [1.54, 1.807) is 7.11 Å². The van der Waals surface area contributed by atoms with Crippen molar-refractivity contribution in [2.24, 2.45) is 0 Å². The molecule has 0 saturated heterocycles. The molecule has 0 radical (unpaired) electrons. The first-order valence-corrected chi connectivity index (χ1v) is 10.8. The van der Waals surface area contributed by atoms with E-state index in [9.17, 15) is 0 Å². The van der Waals surface area contributed by atoms with Gasteiger partial charge >= 0.3 is 11.5 Å². The number of hydrogen-bond donors (Lipinski definition) is 0. The first-order chi connectivity index (χ1) is 15.2. The average molecular weight is 453 g/mol. The molecule has 4 rings (SSSR count). The van der Waals surface area contributed by atoms with Gasteiger partial charge in [0.05, 0.1) is 30.4 Å². The highest BCUT2D eigenvalue weighted by Crippen LogP contribution is 2.33. The van der Waals surface area contributed by atoms with E-state index in [0.717, 1.165) is 39.5 Å². The van der Waals surface area contributed by atoms with Gasteiger partial charge in [-0.05, 0) is 48.9 Å². The van der Waals surface area contributed by atoms with E-state index < -0.39 is 10.2 Å². The van der Waals surface area contributed by atoms with E-state index in [-0.39, 0.29) is 0 Å². The lowest BCUT2D eigenvalue weighted by Gasteiger charge is -2.17. The number of methoxy groups -OCH3 is 1. The molecular formula is C25H21ClO6. The Balaban J connectivity index is 0.000000523. The molecule has 0 bridgehead atoms. The number of aryl methyl sites for hydroxylation is 1. The third-order valence-electron chi connectivity index (χ3n) is 4.61. The van der Waals surface area contributed by atoms with Crippen LogP contribution in [0.4, 0.5) is 0 Å². The first-order valence-electron chi connectivity index (χ1n) is 9.60. The summed E-state index contributed by atoms with van der Waals surface area (Å²) in [5.41, 5.74) is 5.60. The number of benzene rings is 3. The van der Waals surface area contributed by atoms with Gasteiger partial charge in [-0.1, -0.05) is 48.0 Å². The predicted octanol–water partition coefficient (Wildman–Crippen LogP) is 2.12. The zero-order chi connectivity index (χ0) is 23.1. The Morgan fingerprint density at radius 2 is 1.09 bits per heavy atom. The fourth-order valence-corrected chi connectivity index (χ4v) is 3.06. The second-order valence-electron chi connectivity index (χ2n) is 6.91. The van der Waals surface area contributed by atoms with Crippen LogP contribution in [0.2, 0.25) is 0 Å². The zero-order valence-electron chi connectivity index (χ0n) is 17.5. The maximum absolute atomic E-state index is 8.49. The second-order valence-corrected chi connectivity index (χ2v) is 7.67. The standard InChI is InChI=1S/C25H21O2.ClHO4/c1-18-8-10-20(11-9-18)24-16-22(19-6-4-3-5-7-19)17-25(27-24)21-12-14-23(26-2)15-13-21;2-1(3,4)5/h3-17H,1-2H3;(H,2,3,4,5)/q+1;/p-1. The van der Waals surface area contributed by atoms with Crippen LogP contribution in [-0.2, 0) is 0 Å². The Morgan fingerprint density at radius 3 is 1.56 bits per heavy atom. The molecule has 0 spiro atoms. The lowest BCUT2D eigenvalue weighted by molar-refractivity contribution is -2.00. The van der Waals surface area contributed by atoms with Crippen molar-refractivity contribution in [1.82, 2.24) is 0 Å². The molecule has 4 aromatic rings. The number of rotatable bonds is 4. The molecule has 32 heavy (non-hydrogen) atoms. The van der Waals surface area contributed by atoms with Gasteiger partial charge in [0.25, 0.3) is 0 Å². The van der Waals surface area contributed by atoms with Gasteiger partial charge in [0.15, 0.2) is 0 Å². The van der Waals surface area contributed by atoms with Crippen molar-refractivity contribution in [2.75, 3.05) is 7.11 Å². The minimum absolute atomic E-state index is 0.828. The third kappa shape index (κ3) is 6.88. The highest BCUT2D eigenvalue weighted by atomic mass is 35.7. The molecule has 1 aromatic heterocycles. The van der Waals surface area contributed by atoms with Gasteiger partial charge in [0, 0.05) is 5.56 Å². The zero-order valence-corrected chi connectivity index (χ0v) is 18.2. The minimum Gasteiger partial charge on any atom is -0.497 e. The van der Waals surface area contributed by atoms with Gasteiger partial charge in [-0.2, -0.15) is 0 Å². The minimum atomic E-state index is -4.94. The van der Waals surface area contributed by atoms with Gasteiger partial charge in [0.2, 0.25) is 0 Å². The van der Waals surface area contributed by atoms with Crippen LogP contribution in [0.25, 0.3) is 33.8 Å². The smallest absolute Gasteiger partial charge is 0.361 e. The van der Waals surface area contributed by atoms with Crippen LogP contribution in [0.1, 0.15) is 5.56 Å². The summed E-state index contributed by atoms with van der Waals surface area (Å²) >= 11 is 0. The summed E-state index contributed by atoms with van der Waals surface area (Å²) in [6, 6.07) is 30.9. The molecule has 0 N–H and O–H groups in total. The van der Waals surface area contributed by atoms with Gasteiger partial charge < -0.3 is 4.74 Å². The molecule has 0 atom stereocenters. The Labute approximate surface area is 188 Å². The summed E-state index contributed by atoms with van der Waals surface area (Å²) < 4.78 is 45.5. The highest BCUT2D eigenvalue weighted by molar-refractivity contribution is 5.74. The van der Waals surface area contributed by atoms with Crippen molar-refractivity contribution in [2.45, 2.75) is 6.92 Å². The molecule has 0 unspecified atom stereocenters. The molecule has 3 aromatic carbocycles. The summed E-state index contributed by atoms with van der Waals surface area (Å²) in [4.78, 5) is 0. The lowest BCUT2D eigenvalue weighted by Crippen LogP contribution is -2.68. The van der Waals surface area contributed by atoms with Crippen molar-refractivity contribution in [3.05, 3.63) is 96.6 Å². The van der Waals surface area contributed by atoms with Gasteiger partial charge in [-0.3, -0.25) is 0 Å². The molecule has 0 amide bonds. The fraction of sp³-hybridized carbons (Fsp3) is 0.0800. The quantitative estimate of drug-likeness (QED) is 0.438. The Hall–Kier alpha value is -3.26. The second kappa shape index (κ2) is 10.4. The van der Waals surface area contributed by atoms with Crippen molar-refractivity contribution >= 4 is 0 Å². The molecule has 0 fully saturated rings. The van der Waals surface area contributed by atoms with Crippen molar-refractivity contribution in [3.8, 4) is 39.5 Å². The fourth-order valence-electron chi connectivity index (χ4n) is 3.06. The number of halogens is 1. The Morgan fingerprint density at radius 1 is 0.625 bits per heavy atom. The van der Waals surface area contributed by atoms with Gasteiger partial charge in [-0.25, -0.2) is 23.1 Å². The normalized spacial score (nSPS) is 10.8. The van der Waals surface area contributed by atoms with Crippen LogP contribution < -0.4 is 23.4 Å². The van der Waals surface area contributed by atoms with E-state index in [0.29, 0.717) is 0 Å². The number of ether oxygens (including phenoxy) is 1. The topological polar surface area (TPSA) is 113 Å². The highest BCUT2D eigenvalue weighted by Gasteiger charge is 2.20. The van der Waals surface area contributed by atoms with E-state index in [2.05, 4.69) is 67.6 Å². The maximum atomic E-state index is 8.49. The molecule has 0 aliphatic heterocycles. The van der Waals surface area contributed by atoms with E-state index in [4.69, 9.17) is 27.8 Å². The maximum Gasteiger partial charge on any atom is 0.361 e. The van der Waals surface area contributed by atoms with Crippen LogP contribution in [0.15, 0.2) is 95.4 Å². The summed E-state index contributed by atoms with van der Waals surface area (Å²) in [5, 5.41) is 0. The van der Waals surface area contributed by atoms with Crippen molar-refractivity contribution in [3.63, 3.8) is 0 Å². The molecule has 1 heterocycles. The van der Waals surface area contributed by atoms with Gasteiger partial charge in [0.1, 0.15) is 5.75 Å². The summed E-state index contributed by atoms with van der Waals surface area (Å²) in [7, 11) is -3.27. The van der Waals surface area contributed by atoms with Crippen LogP contribution in [0.3, 0.4) is 0 Å². The monoisotopic (exact) mass is 452 g/mol. The molecule has 0 saturated carbocycles. The molecule has 7 heteroatoms. The van der Waals surface area contributed by atoms with E-state index in [1.807, 2.05) is 30.3 Å². The summed E-state index contributed by atoms with van der Waals surface area (Å²) in [5.74, 6) is 2.51. The lowest BCUT2D eigenvalue weighted by atomic mass is 10.0. The van der Waals surface area contributed by atoms with Crippen LogP contribution >= 0.6 is 0 Å². The van der Waals surface area contributed by atoms with Gasteiger partial charge in [-0.15, -0.1) is 10.2 Å². The van der Waals surface area contributed by atoms with Crippen LogP contribution in [-0.4, -0.2) is 7.11 Å². The SMILES string of the molecule is COc1ccc(-c2cc(-c3ccccc3)cc(-c3ccc(C)cc3)[o+]2)cc1.[O-][Cl+3]([O-])([O-])[O-]. The Bertz CT molecular complexity index is 1130. The van der Waals surface area contributed by atoms with E-state index in [1.165, 1.54) is 5.56 Å². The molecule has 0 aliphatic carbocycles. The van der Waals surface area contributed by atoms with Crippen LogP contribution in [0.5, 0.6) is 5.75 Å². The molecular weight excluding hydrogens is 432 g/mol. The summed E-state index contributed by atoms with van der Waals surface area (Å²) in [6.07, 6.45) is 0.